The van der Waals surface area contributed by atoms with Crippen LogP contribution in [-0.2, 0) is 27.2 Å². The van der Waals surface area contributed by atoms with Crippen LogP contribution < -0.4 is 5.32 Å². The van der Waals surface area contributed by atoms with Crippen LogP contribution in [0.3, 0.4) is 0 Å². The highest BCUT2D eigenvalue weighted by molar-refractivity contribution is 7.16. The van der Waals surface area contributed by atoms with E-state index in [0.29, 0.717) is 30.2 Å². The van der Waals surface area contributed by atoms with Crippen LogP contribution in [0.15, 0.2) is 30.3 Å². The molecule has 0 amide bonds. The van der Waals surface area contributed by atoms with Crippen molar-refractivity contribution in [3.8, 4) is 0 Å². The van der Waals surface area contributed by atoms with E-state index in [1.54, 1.807) is 24.3 Å². The van der Waals surface area contributed by atoms with Crippen molar-refractivity contribution in [2.45, 2.75) is 44.6 Å². The van der Waals surface area contributed by atoms with Gasteiger partial charge in [0.25, 0.3) is 0 Å². The molecule has 0 spiro atoms. The molecule has 1 saturated heterocycles. The Morgan fingerprint density at radius 1 is 1.21 bits per heavy atom. The number of ether oxygens (including phenoxy) is 3. The Balaban J connectivity index is 1.44. The van der Waals surface area contributed by atoms with E-state index in [0.717, 1.165) is 29.7 Å². The lowest BCUT2D eigenvalue weighted by molar-refractivity contribution is -0.0212. The van der Waals surface area contributed by atoms with Gasteiger partial charge in [-0.1, -0.05) is 18.2 Å². The van der Waals surface area contributed by atoms with Gasteiger partial charge in [-0.3, -0.25) is 0 Å². The van der Waals surface area contributed by atoms with Crippen molar-refractivity contribution in [3.05, 3.63) is 51.9 Å². The minimum absolute atomic E-state index is 0.0799. The van der Waals surface area contributed by atoms with Crippen LogP contribution in [0.1, 0.15) is 50.4 Å². The van der Waals surface area contributed by atoms with Gasteiger partial charge < -0.3 is 24.6 Å². The molecule has 2 aliphatic heterocycles. The highest BCUT2D eigenvalue weighted by Crippen LogP contribution is 2.38. The van der Waals surface area contributed by atoms with Crippen LogP contribution in [0.4, 0.5) is 5.00 Å². The Hall–Kier alpha value is -2.42. The topological polar surface area (TPSA) is 94.1 Å². The van der Waals surface area contributed by atoms with E-state index in [-0.39, 0.29) is 24.5 Å². The number of nitrogens with one attached hydrogen (secondary N) is 1. The first-order valence-corrected chi connectivity index (χ1v) is 10.5. The third kappa shape index (κ3) is 4.60. The maximum Gasteiger partial charge on any atom is 0.338 e. The lowest BCUT2D eigenvalue weighted by Crippen LogP contribution is -2.29. The molecule has 2 aromatic rings. The predicted octanol–water partition coefficient (Wildman–Crippen LogP) is 3.68. The third-order valence-electron chi connectivity index (χ3n) is 5.07. The molecule has 1 fully saturated rings. The molecule has 1 aromatic heterocycles. The van der Waals surface area contributed by atoms with E-state index in [9.17, 15) is 14.7 Å². The van der Waals surface area contributed by atoms with Gasteiger partial charge in [-0.05, 0) is 37.0 Å². The second kappa shape index (κ2) is 8.94. The zero-order valence-corrected chi connectivity index (χ0v) is 16.7. The van der Waals surface area contributed by atoms with E-state index in [1.165, 1.54) is 11.3 Å². The predicted molar refractivity (Wildman–Crippen MR) is 107 cm³/mol. The summed E-state index contributed by atoms with van der Waals surface area (Å²) in [5.41, 5.74) is 1.51. The summed E-state index contributed by atoms with van der Waals surface area (Å²) in [6.45, 7) is 1.07. The van der Waals surface area contributed by atoms with Gasteiger partial charge >= 0.3 is 11.9 Å². The quantitative estimate of drug-likeness (QED) is 0.693. The average Bonchev–Trinajstić information content (AvgIpc) is 3.10. The first-order chi connectivity index (χ1) is 14.1. The molecule has 4 rings (SSSR count). The number of carboxylic acids is 1. The van der Waals surface area contributed by atoms with E-state index in [4.69, 9.17) is 14.2 Å². The van der Waals surface area contributed by atoms with Gasteiger partial charge in [-0.2, -0.15) is 0 Å². The van der Waals surface area contributed by atoms with Gasteiger partial charge in [0.05, 0.1) is 23.8 Å². The van der Waals surface area contributed by atoms with Gasteiger partial charge in [0.2, 0.25) is 0 Å². The molecule has 154 valence electrons. The van der Waals surface area contributed by atoms with Gasteiger partial charge in [0.1, 0.15) is 17.8 Å². The van der Waals surface area contributed by atoms with Crippen molar-refractivity contribution in [1.82, 2.24) is 0 Å². The summed E-state index contributed by atoms with van der Waals surface area (Å²) in [5, 5.41) is 13.7. The van der Waals surface area contributed by atoms with E-state index < -0.39 is 11.9 Å². The van der Waals surface area contributed by atoms with Crippen LogP contribution in [0.2, 0.25) is 0 Å². The molecular formula is C21H23NO6S. The van der Waals surface area contributed by atoms with Gasteiger partial charge in [0, 0.05) is 17.9 Å². The molecule has 2 aliphatic rings. The number of carbonyl (C=O) groups is 2. The number of carbonyl (C=O) groups excluding carboxylic acids is 1. The molecule has 0 radical (unpaired) electrons. The summed E-state index contributed by atoms with van der Waals surface area (Å²) >= 11 is 1.40. The van der Waals surface area contributed by atoms with Crippen LogP contribution >= 0.6 is 11.3 Å². The maximum absolute atomic E-state index is 12.1. The van der Waals surface area contributed by atoms with Crippen molar-refractivity contribution in [2.24, 2.45) is 0 Å². The molecular weight excluding hydrogens is 394 g/mol. The smallest absolute Gasteiger partial charge is 0.338 e. The molecule has 2 atom stereocenters. The second-order valence-electron chi connectivity index (χ2n) is 7.11. The zero-order chi connectivity index (χ0) is 20.2. The Labute approximate surface area is 172 Å². The second-order valence-corrected chi connectivity index (χ2v) is 8.22. The number of carboxylic acid groups (broad SMARTS) is 1. The normalized spacial score (nSPS) is 21.2. The molecule has 29 heavy (non-hydrogen) atoms. The summed E-state index contributed by atoms with van der Waals surface area (Å²) in [7, 11) is 0. The van der Waals surface area contributed by atoms with E-state index in [2.05, 4.69) is 5.32 Å². The SMILES string of the molecule is O=C(OCC1Cc2c(sc(NC3CCCCO3)c2C(=O)O)CO1)c1ccccc1. The number of aromatic carboxylic acids is 1. The minimum atomic E-state index is -0.970. The summed E-state index contributed by atoms with van der Waals surface area (Å²) in [4.78, 5) is 25.0. The molecule has 2 N–H and O–H groups in total. The number of hydrogen-bond acceptors (Lipinski definition) is 7. The van der Waals surface area contributed by atoms with E-state index in [1.807, 2.05) is 6.07 Å². The third-order valence-corrected chi connectivity index (χ3v) is 6.20. The monoisotopic (exact) mass is 417 g/mol. The molecule has 0 aliphatic carbocycles. The first-order valence-electron chi connectivity index (χ1n) is 9.71. The highest BCUT2D eigenvalue weighted by atomic mass is 32.1. The lowest BCUT2D eigenvalue weighted by Gasteiger charge is -2.24. The van der Waals surface area contributed by atoms with Gasteiger partial charge in [-0.25, -0.2) is 9.59 Å². The number of anilines is 1. The fraction of sp³-hybridized carbons (Fsp3) is 0.429. The Morgan fingerprint density at radius 2 is 2.03 bits per heavy atom. The molecule has 0 saturated carbocycles. The number of hydrogen-bond donors (Lipinski definition) is 2. The summed E-state index contributed by atoms with van der Waals surface area (Å²) in [6.07, 6.45) is 2.80. The molecule has 1 aromatic carbocycles. The van der Waals surface area contributed by atoms with Crippen LogP contribution in [0, 0.1) is 0 Å². The van der Waals surface area contributed by atoms with E-state index >= 15 is 0 Å². The van der Waals surface area contributed by atoms with Gasteiger partial charge in [-0.15, -0.1) is 11.3 Å². The fourth-order valence-corrected chi connectivity index (χ4v) is 4.77. The Kier molecular flexibility index (Phi) is 6.13. The fourth-order valence-electron chi connectivity index (χ4n) is 3.59. The molecule has 2 unspecified atom stereocenters. The number of benzene rings is 1. The Bertz CT molecular complexity index is 875. The summed E-state index contributed by atoms with van der Waals surface area (Å²) < 4.78 is 16.9. The van der Waals surface area contributed by atoms with Crippen molar-refractivity contribution >= 4 is 28.3 Å². The lowest BCUT2D eigenvalue weighted by atomic mass is 10.0. The van der Waals surface area contributed by atoms with Crippen LogP contribution in [0.5, 0.6) is 0 Å². The number of fused-ring (bicyclic) bond motifs is 1. The number of esters is 1. The molecule has 3 heterocycles. The standard InChI is InChI=1S/C21H23NO6S/c23-20(24)18-15-10-14(11-28-21(25)13-6-2-1-3-7-13)27-12-16(15)29-19(18)22-17-8-4-5-9-26-17/h1-3,6-7,14,17,22H,4-5,8-12H2,(H,23,24). The summed E-state index contributed by atoms with van der Waals surface area (Å²) in [5.74, 6) is -1.39. The largest absolute Gasteiger partial charge is 0.478 e. The number of thiophene rings is 1. The minimum Gasteiger partial charge on any atom is -0.478 e. The average molecular weight is 417 g/mol. The summed E-state index contributed by atoms with van der Waals surface area (Å²) in [6, 6.07) is 8.75. The molecule has 0 bridgehead atoms. The van der Waals surface area contributed by atoms with Crippen molar-refractivity contribution in [1.29, 1.82) is 0 Å². The number of rotatable bonds is 6. The van der Waals surface area contributed by atoms with Crippen LogP contribution in [-0.4, -0.2) is 42.6 Å². The maximum atomic E-state index is 12.1. The zero-order valence-electron chi connectivity index (χ0n) is 15.9. The van der Waals surface area contributed by atoms with Crippen molar-refractivity contribution in [2.75, 3.05) is 18.5 Å². The van der Waals surface area contributed by atoms with Gasteiger partial charge in [0.15, 0.2) is 0 Å². The van der Waals surface area contributed by atoms with Crippen molar-refractivity contribution in [3.63, 3.8) is 0 Å². The molecule has 8 heteroatoms. The van der Waals surface area contributed by atoms with Crippen molar-refractivity contribution < 1.29 is 28.9 Å². The molecule has 7 nitrogen and oxygen atoms in total. The first kappa shape index (κ1) is 19.9. The van der Waals surface area contributed by atoms with Crippen LogP contribution in [0.25, 0.3) is 0 Å². The Morgan fingerprint density at radius 3 is 2.76 bits per heavy atom. The highest BCUT2D eigenvalue weighted by Gasteiger charge is 2.31.